The number of rotatable bonds is 6. The fourth-order valence-electron chi connectivity index (χ4n) is 1.41. The molecular weight excluding hydrogens is 242 g/mol. The summed E-state index contributed by atoms with van der Waals surface area (Å²) in [5.41, 5.74) is 0.883. The van der Waals surface area contributed by atoms with Crippen molar-refractivity contribution in [3.05, 3.63) is 42.0 Å². The van der Waals surface area contributed by atoms with Gasteiger partial charge < -0.3 is 15.2 Å². The molecule has 1 aromatic carbocycles. The number of hydrogen-bond acceptors (Lipinski definition) is 3. The van der Waals surface area contributed by atoms with E-state index in [2.05, 4.69) is 5.32 Å². The van der Waals surface area contributed by atoms with Gasteiger partial charge in [-0.3, -0.25) is 4.79 Å². The lowest BCUT2D eigenvalue weighted by atomic mass is 10.2. The van der Waals surface area contributed by atoms with Crippen molar-refractivity contribution in [3.8, 4) is 11.5 Å². The van der Waals surface area contributed by atoms with E-state index in [1.54, 1.807) is 30.4 Å². The van der Waals surface area contributed by atoms with Crippen molar-refractivity contribution in [2.45, 2.75) is 13.3 Å². The Morgan fingerprint density at radius 2 is 2.21 bits per heavy atom. The second kappa shape index (κ2) is 7.97. The first-order valence-electron chi connectivity index (χ1n) is 6.17. The first kappa shape index (κ1) is 14.8. The molecule has 0 aliphatic heterocycles. The lowest BCUT2D eigenvalue weighted by Gasteiger charge is -2.03. The number of allylic oxidation sites excluding steroid dienone is 2. The zero-order valence-electron chi connectivity index (χ0n) is 11.2. The van der Waals surface area contributed by atoms with Crippen molar-refractivity contribution in [1.82, 2.24) is 5.32 Å². The van der Waals surface area contributed by atoms with E-state index in [4.69, 9.17) is 4.74 Å². The van der Waals surface area contributed by atoms with E-state index in [0.29, 0.717) is 12.3 Å². The molecule has 0 aromatic heterocycles. The van der Waals surface area contributed by atoms with Crippen LogP contribution in [0.3, 0.4) is 0 Å². The predicted molar refractivity (Wildman–Crippen MR) is 76.1 cm³/mol. The first-order valence-corrected chi connectivity index (χ1v) is 6.17. The molecule has 0 saturated carbocycles. The number of methoxy groups -OCH3 is 1. The lowest BCUT2D eigenvalue weighted by Crippen LogP contribution is -2.21. The SMILES string of the molecule is CCCNC(=O)/C=C/C=C/c1ccc(O)c(OC)c1. The van der Waals surface area contributed by atoms with Crippen LogP contribution in [0.4, 0.5) is 0 Å². The number of nitrogens with one attached hydrogen (secondary N) is 1. The summed E-state index contributed by atoms with van der Waals surface area (Å²) in [6, 6.07) is 5.05. The highest BCUT2D eigenvalue weighted by Crippen LogP contribution is 2.26. The average molecular weight is 261 g/mol. The molecule has 0 bridgehead atoms. The van der Waals surface area contributed by atoms with Crippen LogP contribution < -0.4 is 10.1 Å². The van der Waals surface area contributed by atoms with Gasteiger partial charge in [0.25, 0.3) is 0 Å². The van der Waals surface area contributed by atoms with Crippen LogP contribution in [-0.2, 0) is 4.79 Å². The summed E-state index contributed by atoms with van der Waals surface area (Å²) in [5.74, 6) is 0.427. The van der Waals surface area contributed by atoms with Gasteiger partial charge in [0.1, 0.15) is 0 Å². The van der Waals surface area contributed by atoms with Crippen LogP contribution >= 0.6 is 0 Å². The van der Waals surface area contributed by atoms with Crippen LogP contribution in [0.5, 0.6) is 11.5 Å². The van der Waals surface area contributed by atoms with Gasteiger partial charge >= 0.3 is 0 Å². The Bertz CT molecular complexity index is 478. The minimum atomic E-state index is -0.102. The fourth-order valence-corrected chi connectivity index (χ4v) is 1.41. The smallest absolute Gasteiger partial charge is 0.243 e. The first-order chi connectivity index (χ1) is 9.17. The molecule has 0 fully saturated rings. The van der Waals surface area contributed by atoms with E-state index in [-0.39, 0.29) is 11.7 Å². The molecule has 0 saturated heterocycles. The molecule has 0 aliphatic rings. The summed E-state index contributed by atoms with van der Waals surface area (Å²) >= 11 is 0. The van der Waals surface area contributed by atoms with Crippen LogP contribution in [0.25, 0.3) is 6.08 Å². The molecule has 0 unspecified atom stereocenters. The molecule has 1 aromatic rings. The number of ether oxygens (including phenoxy) is 1. The minimum Gasteiger partial charge on any atom is -0.504 e. The van der Waals surface area contributed by atoms with Crippen LogP contribution in [0, 0.1) is 0 Å². The summed E-state index contributed by atoms with van der Waals surface area (Å²) in [7, 11) is 1.50. The number of carbonyl (C=O) groups is 1. The topological polar surface area (TPSA) is 58.6 Å². The summed E-state index contributed by atoms with van der Waals surface area (Å²) in [4.78, 5) is 11.3. The Morgan fingerprint density at radius 1 is 1.42 bits per heavy atom. The van der Waals surface area contributed by atoms with Crippen molar-refractivity contribution >= 4 is 12.0 Å². The maximum absolute atomic E-state index is 11.3. The van der Waals surface area contributed by atoms with Crippen molar-refractivity contribution < 1.29 is 14.6 Å². The summed E-state index contributed by atoms with van der Waals surface area (Å²) in [6.07, 6.45) is 7.65. The second-order valence-electron chi connectivity index (χ2n) is 3.94. The predicted octanol–water partition coefficient (Wildman–Crippen LogP) is 2.50. The Morgan fingerprint density at radius 3 is 2.89 bits per heavy atom. The van der Waals surface area contributed by atoms with E-state index in [0.717, 1.165) is 12.0 Å². The van der Waals surface area contributed by atoms with E-state index in [9.17, 15) is 9.90 Å². The van der Waals surface area contributed by atoms with Crippen LogP contribution in [0.2, 0.25) is 0 Å². The number of benzene rings is 1. The standard InChI is InChI=1S/C15H19NO3/c1-3-10-16-15(18)7-5-4-6-12-8-9-13(17)14(11-12)19-2/h4-9,11,17H,3,10H2,1-2H3,(H,16,18)/b6-4+,7-5+. The minimum absolute atomic E-state index is 0.102. The molecule has 0 spiro atoms. The third kappa shape index (κ3) is 5.29. The van der Waals surface area contributed by atoms with Gasteiger partial charge in [0.15, 0.2) is 11.5 Å². The van der Waals surface area contributed by atoms with E-state index in [1.165, 1.54) is 13.2 Å². The molecule has 0 heterocycles. The normalized spacial score (nSPS) is 11.1. The quantitative estimate of drug-likeness (QED) is 0.611. The zero-order valence-corrected chi connectivity index (χ0v) is 11.2. The van der Waals surface area contributed by atoms with Gasteiger partial charge in [-0.2, -0.15) is 0 Å². The van der Waals surface area contributed by atoms with Gasteiger partial charge in [-0.15, -0.1) is 0 Å². The van der Waals surface area contributed by atoms with Crippen LogP contribution in [0.1, 0.15) is 18.9 Å². The van der Waals surface area contributed by atoms with Gasteiger partial charge in [0.2, 0.25) is 5.91 Å². The maximum Gasteiger partial charge on any atom is 0.243 e. The largest absolute Gasteiger partial charge is 0.504 e. The molecule has 0 radical (unpaired) electrons. The molecule has 1 amide bonds. The number of aromatic hydroxyl groups is 1. The number of carbonyl (C=O) groups excluding carboxylic acids is 1. The summed E-state index contributed by atoms with van der Waals surface area (Å²) in [5, 5.41) is 12.2. The Balaban J connectivity index is 2.57. The van der Waals surface area contributed by atoms with Gasteiger partial charge in [-0.1, -0.05) is 31.2 Å². The highest BCUT2D eigenvalue weighted by Gasteiger charge is 1.99. The van der Waals surface area contributed by atoms with E-state index < -0.39 is 0 Å². The van der Waals surface area contributed by atoms with Gasteiger partial charge in [-0.25, -0.2) is 0 Å². The molecule has 4 heteroatoms. The Kier molecular flexibility index (Phi) is 6.22. The molecule has 19 heavy (non-hydrogen) atoms. The molecule has 0 aliphatic carbocycles. The molecule has 0 atom stereocenters. The highest BCUT2D eigenvalue weighted by molar-refractivity contribution is 5.87. The zero-order chi connectivity index (χ0) is 14.1. The molecule has 1 rings (SSSR count). The highest BCUT2D eigenvalue weighted by atomic mass is 16.5. The summed E-state index contributed by atoms with van der Waals surface area (Å²) < 4.78 is 5.01. The maximum atomic E-state index is 11.3. The fraction of sp³-hybridized carbons (Fsp3) is 0.267. The number of amides is 1. The van der Waals surface area contributed by atoms with Gasteiger partial charge in [0.05, 0.1) is 7.11 Å². The van der Waals surface area contributed by atoms with Gasteiger partial charge in [-0.05, 0) is 24.1 Å². The monoisotopic (exact) mass is 261 g/mol. The third-order valence-corrected chi connectivity index (χ3v) is 2.40. The van der Waals surface area contributed by atoms with Crippen molar-refractivity contribution in [1.29, 1.82) is 0 Å². The number of phenolic OH excluding ortho intramolecular Hbond substituents is 1. The molecule has 2 N–H and O–H groups in total. The molecule has 102 valence electrons. The average Bonchev–Trinajstić information content (AvgIpc) is 2.42. The van der Waals surface area contributed by atoms with Gasteiger partial charge in [0, 0.05) is 12.6 Å². The number of phenols is 1. The lowest BCUT2D eigenvalue weighted by molar-refractivity contribution is -0.116. The number of hydrogen-bond donors (Lipinski definition) is 2. The Labute approximate surface area is 113 Å². The summed E-state index contributed by atoms with van der Waals surface area (Å²) in [6.45, 7) is 2.68. The molecule has 4 nitrogen and oxygen atoms in total. The van der Waals surface area contributed by atoms with Crippen molar-refractivity contribution in [2.75, 3.05) is 13.7 Å². The van der Waals surface area contributed by atoms with Crippen LogP contribution in [0.15, 0.2) is 36.4 Å². The van der Waals surface area contributed by atoms with E-state index in [1.807, 2.05) is 13.0 Å². The Hall–Kier alpha value is -2.23. The second-order valence-corrected chi connectivity index (χ2v) is 3.94. The third-order valence-electron chi connectivity index (χ3n) is 2.40. The van der Waals surface area contributed by atoms with Crippen molar-refractivity contribution in [2.24, 2.45) is 0 Å². The van der Waals surface area contributed by atoms with E-state index >= 15 is 0 Å². The molecular formula is C15H19NO3. The van der Waals surface area contributed by atoms with Crippen molar-refractivity contribution in [3.63, 3.8) is 0 Å². The van der Waals surface area contributed by atoms with Crippen LogP contribution in [-0.4, -0.2) is 24.7 Å².